The number of rotatable bonds is 5. The molecule has 0 bridgehead atoms. The van der Waals surface area contributed by atoms with Crippen molar-refractivity contribution in [1.29, 1.82) is 0 Å². The topological polar surface area (TPSA) is 15.7 Å². The van der Waals surface area contributed by atoms with E-state index in [2.05, 4.69) is 53.1 Å². The Morgan fingerprint density at radius 3 is 2.70 bits per heavy atom. The average Bonchev–Trinajstić information content (AvgIpc) is 2.85. The molecule has 0 radical (unpaired) electrons. The van der Waals surface area contributed by atoms with Gasteiger partial charge in [0.1, 0.15) is 0 Å². The van der Waals surface area contributed by atoms with E-state index in [4.69, 9.17) is 16.3 Å². The first-order valence-corrected chi connectivity index (χ1v) is 11.0. The van der Waals surface area contributed by atoms with Gasteiger partial charge in [-0.25, -0.2) is 0 Å². The number of nitrogens with zero attached hydrogens (tertiary/aromatic N) is 2. The summed E-state index contributed by atoms with van der Waals surface area (Å²) < 4.78 is 5.52. The fourth-order valence-electron chi connectivity index (χ4n) is 4.06. The molecule has 1 atom stereocenters. The van der Waals surface area contributed by atoms with Crippen LogP contribution in [0.4, 0.5) is 0 Å². The summed E-state index contributed by atoms with van der Waals surface area (Å²) in [5.74, 6) is 0. The summed E-state index contributed by atoms with van der Waals surface area (Å²) in [7, 11) is 0. The minimum absolute atomic E-state index is 0.419. The van der Waals surface area contributed by atoms with Gasteiger partial charge in [-0.15, -0.1) is 0 Å². The Balaban J connectivity index is 1.53. The zero-order valence-corrected chi connectivity index (χ0v) is 17.4. The molecule has 0 amide bonds. The number of fused-ring (bicyclic) bond motifs is 2. The van der Waals surface area contributed by atoms with Crippen LogP contribution in [0.15, 0.2) is 52.3 Å². The average molecular weight is 403 g/mol. The molecule has 4 rings (SSSR count). The lowest BCUT2D eigenvalue weighted by Gasteiger charge is -2.39. The van der Waals surface area contributed by atoms with Gasteiger partial charge in [-0.3, -0.25) is 9.80 Å². The number of hydrogen-bond donors (Lipinski definition) is 0. The zero-order valence-electron chi connectivity index (χ0n) is 15.9. The highest BCUT2D eigenvalue weighted by Gasteiger charge is 2.29. The van der Waals surface area contributed by atoms with E-state index < -0.39 is 0 Å². The minimum Gasteiger partial charge on any atom is -0.380 e. The number of ether oxygens (including phenoxy) is 1. The lowest BCUT2D eigenvalue weighted by atomic mass is 9.96. The van der Waals surface area contributed by atoms with Gasteiger partial charge in [0, 0.05) is 60.2 Å². The van der Waals surface area contributed by atoms with Gasteiger partial charge >= 0.3 is 0 Å². The first kappa shape index (κ1) is 19.3. The highest BCUT2D eigenvalue weighted by atomic mass is 35.5. The van der Waals surface area contributed by atoms with Gasteiger partial charge in [-0.2, -0.15) is 0 Å². The van der Waals surface area contributed by atoms with Crippen molar-refractivity contribution in [3.8, 4) is 0 Å². The molecule has 2 aliphatic rings. The number of hydrogen-bond acceptors (Lipinski definition) is 4. The standard InChI is InChI=1S/C22H27ClN2OS/c1-2-26-14-13-24-9-11-25(12-10-24)20-16-17-15-18(23)7-8-21(17)27-22-6-4-3-5-19(20)22/h3-8,15,20H,2,9-14,16H2,1H3/t20-/m0/s1. The third kappa shape index (κ3) is 4.52. The predicted octanol–water partition coefficient (Wildman–Crippen LogP) is 4.74. The van der Waals surface area contributed by atoms with E-state index in [9.17, 15) is 0 Å². The molecule has 0 unspecified atom stereocenters. The molecule has 2 aliphatic heterocycles. The van der Waals surface area contributed by atoms with Crippen molar-refractivity contribution >= 4 is 23.4 Å². The lowest BCUT2D eigenvalue weighted by molar-refractivity contribution is 0.0635. The third-order valence-electron chi connectivity index (χ3n) is 5.54. The molecule has 2 aromatic rings. The Bertz CT molecular complexity index is 777. The summed E-state index contributed by atoms with van der Waals surface area (Å²) in [5, 5.41) is 0.833. The smallest absolute Gasteiger partial charge is 0.0593 e. The van der Waals surface area contributed by atoms with Crippen molar-refractivity contribution in [3.05, 3.63) is 58.6 Å². The van der Waals surface area contributed by atoms with Crippen LogP contribution in [0.1, 0.15) is 24.1 Å². The van der Waals surface area contributed by atoms with Gasteiger partial charge in [-0.05, 0) is 48.7 Å². The molecule has 2 heterocycles. The molecule has 0 aromatic heterocycles. The van der Waals surface area contributed by atoms with Crippen molar-refractivity contribution in [1.82, 2.24) is 9.80 Å². The first-order valence-electron chi connectivity index (χ1n) is 9.84. The molecule has 5 heteroatoms. The van der Waals surface area contributed by atoms with E-state index in [1.807, 2.05) is 17.8 Å². The second-order valence-corrected chi connectivity index (χ2v) is 8.71. The summed E-state index contributed by atoms with van der Waals surface area (Å²) >= 11 is 8.19. The summed E-state index contributed by atoms with van der Waals surface area (Å²) in [5.41, 5.74) is 2.82. The minimum atomic E-state index is 0.419. The summed E-state index contributed by atoms with van der Waals surface area (Å²) in [6.07, 6.45) is 1.03. The number of halogens is 1. The largest absolute Gasteiger partial charge is 0.380 e. The highest BCUT2D eigenvalue weighted by Crippen LogP contribution is 2.43. The molecule has 3 nitrogen and oxygen atoms in total. The molecular weight excluding hydrogens is 376 g/mol. The first-order chi connectivity index (χ1) is 13.2. The van der Waals surface area contributed by atoms with Gasteiger partial charge in [0.25, 0.3) is 0 Å². The molecule has 2 aromatic carbocycles. The fourth-order valence-corrected chi connectivity index (χ4v) is 5.36. The van der Waals surface area contributed by atoms with E-state index in [0.29, 0.717) is 6.04 Å². The van der Waals surface area contributed by atoms with E-state index >= 15 is 0 Å². The lowest BCUT2D eigenvalue weighted by Crippen LogP contribution is -2.48. The second kappa shape index (κ2) is 8.97. The fraction of sp³-hybridized carbons (Fsp3) is 0.455. The van der Waals surface area contributed by atoms with Crippen LogP contribution >= 0.6 is 23.4 Å². The van der Waals surface area contributed by atoms with Crippen molar-refractivity contribution < 1.29 is 4.74 Å². The molecule has 0 N–H and O–H groups in total. The van der Waals surface area contributed by atoms with Gasteiger partial charge in [0.15, 0.2) is 0 Å². The van der Waals surface area contributed by atoms with E-state index in [1.165, 1.54) is 20.9 Å². The molecule has 27 heavy (non-hydrogen) atoms. The van der Waals surface area contributed by atoms with Crippen LogP contribution in [-0.2, 0) is 11.2 Å². The predicted molar refractivity (Wildman–Crippen MR) is 113 cm³/mol. The van der Waals surface area contributed by atoms with Gasteiger partial charge in [0.05, 0.1) is 6.61 Å². The van der Waals surface area contributed by atoms with Crippen LogP contribution in [-0.4, -0.2) is 55.7 Å². The molecule has 0 saturated carbocycles. The van der Waals surface area contributed by atoms with Crippen LogP contribution in [0.2, 0.25) is 5.02 Å². The van der Waals surface area contributed by atoms with Crippen LogP contribution in [0.3, 0.4) is 0 Å². The Labute approximate surface area is 171 Å². The molecule has 1 saturated heterocycles. The van der Waals surface area contributed by atoms with E-state index in [0.717, 1.165) is 57.4 Å². The number of benzene rings is 2. The van der Waals surface area contributed by atoms with Gasteiger partial charge in [0.2, 0.25) is 0 Å². The molecular formula is C22H27ClN2OS. The molecule has 1 fully saturated rings. The van der Waals surface area contributed by atoms with Crippen molar-refractivity contribution in [2.24, 2.45) is 0 Å². The Hall–Kier alpha value is -1.04. The van der Waals surface area contributed by atoms with Crippen LogP contribution in [0.25, 0.3) is 0 Å². The summed E-state index contributed by atoms with van der Waals surface area (Å²) in [6, 6.07) is 15.6. The van der Waals surface area contributed by atoms with E-state index in [1.54, 1.807) is 0 Å². The van der Waals surface area contributed by atoms with Gasteiger partial charge in [-0.1, -0.05) is 41.6 Å². The summed E-state index contributed by atoms with van der Waals surface area (Å²) in [6.45, 7) is 9.17. The van der Waals surface area contributed by atoms with E-state index in [-0.39, 0.29) is 0 Å². The maximum atomic E-state index is 6.31. The van der Waals surface area contributed by atoms with Crippen molar-refractivity contribution in [2.45, 2.75) is 29.2 Å². The maximum Gasteiger partial charge on any atom is 0.0593 e. The van der Waals surface area contributed by atoms with Crippen molar-refractivity contribution in [2.75, 3.05) is 45.9 Å². The number of piperazine rings is 1. The molecule has 0 spiro atoms. The van der Waals surface area contributed by atoms with Crippen LogP contribution in [0.5, 0.6) is 0 Å². The highest BCUT2D eigenvalue weighted by molar-refractivity contribution is 7.99. The van der Waals surface area contributed by atoms with Crippen LogP contribution in [0, 0.1) is 0 Å². The Kier molecular flexibility index (Phi) is 6.41. The second-order valence-electron chi connectivity index (χ2n) is 7.19. The Morgan fingerprint density at radius 2 is 1.89 bits per heavy atom. The molecule has 144 valence electrons. The normalized spacial score (nSPS) is 20.7. The summed E-state index contributed by atoms with van der Waals surface area (Å²) in [4.78, 5) is 7.90. The van der Waals surface area contributed by atoms with Crippen molar-refractivity contribution in [3.63, 3.8) is 0 Å². The molecule has 0 aliphatic carbocycles. The third-order valence-corrected chi connectivity index (χ3v) is 6.98. The Morgan fingerprint density at radius 1 is 1.07 bits per heavy atom. The quantitative estimate of drug-likeness (QED) is 0.671. The zero-order chi connectivity index (χ0) is 18.6. The monoisotopic (exact) mass is 402 g/mol. The SMILES string of the molecule is CCOCCN1CCN([C@H]2Cc3cc(Cl)ccc3Sc3ccccc32)CC1. The van der Waals surface area contributed by atoms with Crippen LogP contribution < -0.4 is 0 Å². The van der Waals surface area contributed by atoms with Gasteiger partial charge < -0.3 is 4.74 Å². The maximum absolute atomic E-state index is 6.31.